The summed E-state index contributed by atoms with van der Waals surface area (Å²) in [7, 11) is 0. The van der Waals surface area contributed by atoms with E-state index in [1.54, 1.807) is 26.1 Å². The van der Waals surface area contributed by atoms with E-state index in [-0.39, 0.29) is 6.04 Å². The third-order valence-corrected chi connectivity index (χ3v) is 3.91. The molecule has 1 aromatic rings. The van der Waals surface area contributed by atoms with Crippen LogP contribution >= 0.6 is 11.5 Å². The number of aliphatic hydroxyl groups excluding tert-OH is 1. The van der Waals surface area contributed by atoms with Gasteiger partial charge in [-0.15, -0.1) is 0 Å². The van der Waals surface area contributed by atoms with Crippen LogP contribution in [0.5, 0.6) is 0 Å². The molecule has 2 heterocycles. The Balaban J connectivity index is 2.07. The maximum absolute atomic E-state index is 11.3. The summed E-state index contributed by atoms with van der Waals surface area (Å²) in [5.41, 5.74) is -0.843. The standard InChI is InChI=1S/C11H16N2O4S/c1-11(2)13(10(15)16)7(6-17-11)5-8(14)9-3-4-12-18-9/h3-4,7-8,14H,5-6H2,1-2H3,(H,15,16)/t7-,8+/m0/s1. The van der Waals surface area contributed by atoms with Gasteiger partial charge in [0.25, 0.3) is 0 Å². The van der Waals surface area contributed by atoms with Crippen molar-refractivity contribution in [3.05, 3.63) is 17.1 Å². The van der Waals surface area contributed by atoms with Crippen molar-refractivity contribution in [2.75, 3.05) is 6.61 Å². The summed E-state index contributed by atoms with van der Waals surface area (Å²) >= 11 is 1.22. The van der Waals surface area contributed by atoms with E-state index >= 15 is 0 Å². The highest BCUT2D eigenvalue weighted by atomic mass is 32.1. The van der Waals surface area contributed by atoms with Gasteiger partial charge in [-0.2, -0.15) is 0 Å². The number of aliphatic hydroxyl groups is 1. The van der Waals surface area contributed by atoms with Gasteiger partial charge in [0.1, 0.15) is 5.72 Å². The van der Waals surface area contributed by atoms with E-state index < -0.39 is 17.9 Å². The molecule has 2 N–H and O–H groups in total. The fraction of sp³-hybridized carbons (Fsp3) is 0.636. The van der Waals surface area contributed by atoms with Crippen LogP contribution in [-0.2, 0) is 4.74 Å². The fourth-order valence-electron chi connectivity index (χ4n) is 2.22. The van der Waals surface area contributed by atoms with Gasteiger partial charge >= 0.3 is 6.09 Å². The van der Waals surface area contributed by atoms with E-state index in [9.17, 15) is 15.0 Å². The molecule has 0 spiro atoms. The lowest BCUT2D eigenvalue weighted by Gasteiger charge is -2.31. The molecule has 0 aromatic carbocycles. The zero-order valence-corrected chi connectivity index (χ0v) is 11.1. The van der Waals surface area contributed by atoms with E-state index in [1.165, 1.54) is 16.4 Å². The summed E-state index contributed by atoms with van der Waals surface area (Å²) in [6.45, 7) is 3.72. The van der Waals surface area contributed by atoms with Crippen molar-refractivity contribution < 1.29 is 19.7 Å². The first-order chi connectivity index (χ1) is 8.42. The SMILES string of the molecule is CC1(C)OC[C@H](C[C@@H](O)c2ccns2)N1C(=O)O. The minimum absolute atomic E-state index is 0.301. The number of amides is 1. The Bertz CT molecular complexity index is 421. The monoisotopic (exact) mass is 272 g/mol. The van der Waals surface area contributed by atoms with Crippen molar-refractivity contribution in [2.24, 2.45) is 0 Å². The van der Waals surface area contributed by atoms with Crippen LogP contribution in [0.25, 0.3) is 0 Å². The lowest BCUT2D eigenvalue weighted by molar-refractivity contribution is -0.0430. The average Bonchev–Trinajstić information content (AvgIpc) is 2.85. The first-order valence-corrected chi connectivity index (χ1v) is 6.44. The van der Waals surface area contributed by atoms with Crippen LogP contribution in [0.2, 0.25) is 0 Å². The largest absolute Gasteiger partial charge is 0.465 e. The third-order valence-electron chi connectivity index (χ3n) is 3.06. The van der Waals surface area contributed by atoms with Gasteiger partial charge in [-0.25, -0.2) is 9.17 Å². The predicted molar refractivity (Wildman–Crippen MR) is 65.4 cm³/mol. The molecule has 0 saturated carbocycles. The Morgan fingerprint density at radius 2 is 2.50 bits per heavy atom. The first-order valence-electron chi connectivity index (χ1n) is 5.66. The number of hydrogen-bond acceptors (Lipinski definition) is 5. The zero-order chi connectivity index (χ0) is 13.3. The number of aromatic nitrogens is 1. The molecule has 0 bridgehead atoms. The average molecular weight is 272 g/mol. The molecule has 1 fully saturated rings. The molecule has 0 radical (unpaired) electrons. The van der Waals surface area contributed by atoms with Crippen molar-refractivity contribution >= 4 is 17.6 Å². The Morgan fingerprint density at radius 1 is 1.78 bits per heavy atom. The van der Waals surface area contributed by atoms with Gasteiger partial charge < -0.3 is 14.9 Å². The summed E-state index contributed by atoms with van der Waals surface area (Å²) in [4.78, 5) is 13.3. The van der Waals surface area contributed by atoms with Crippen LogP contribution in [0.3, 0.4) is 0 Å². The highest BCUT2D eigenvalue weighted by Crippen LogP contribution is 2.32. The Morgan fingerprint density at radius 3 is 3.06 bits per heavy atom. The maximum Gasteiger partial charge on any atom is 0.409 e. The fourth-order valence-corrected chi connectivity index (χ4v) is 2.80. The van der Waals surface area contributed by atoms with E-state index in [2.05, 4.69) is 4.37 Å². The number of carbonyl (C=O) groups is 1. The van der Waals surface area contributed by atoms with Crippen LogP contribution in [0.15, 0.2) is 12.3 Å². The first kappa shape index (κ1) is 13.3. The lowest BCUT2D eigenvalue weighted by Crippen LogP contribution is -2.47. The van der Waals surface area contributed by atoms with Crippen LogP contribution in [0, 0.1) is 0 Å². The van der Waals surface area contributed by atoms with Gasteiger partial charge in [-0.3, -0.25) is 4.90 Å². The van der Waals surface area contributed by atoms with Crippen LogP contribution in [0.4, 0.5) is 4.79 Å². The number of carboxylic acid groups (broad SMARTS) is 1. The second-order valence-corrected chi connectivity index (χ2v) is 5.60. The van der Waals surface area contributed by atoms with Gasteiger partial charge in [0.2, 0.25) is 0 Å². The molecular formula is C11H16N2O4S. The summed E-state index contributed by atoms with van der Waals surface area (Å²) in [5, 5.41) is 19.3. The molecule has 1 amide bonds. The predicted octanol–water partition coefficient (Wildman–Crippen LogP) is 1.68. The molecule has 100 valence electrons. The van der Waals surface area contributed by atoms with Crippen molar-refractivity contribution in [3.63, 3.8) is 0 Å². The smallest absolute Gasteiger partial charge is 0.409 e. The number of nitrogens with zero attached hydrogens (tertiary/aromatic N) is 2. The molecule has 1 aliphatic heterocycles. The molecule has 2 rings (SSSR count). The molecular weight excluding hydrogens is 256 g/mol. The van der Waals surface area contributed by atoms with Crippen molar-refractivity contribution in [3.8, 4) is 0 Å². The molecule has 1 saturated heterocycles. The maximum atomic E-state index is 11.3. The van der Waals surface area contributed by atoms with E-state index in [1.807, 2.05) is 0 Å². The highest BCUT2D eigenvalue weighted by Gasteiger charge is 2.44. The number of ether oxygens (including phenoxy) is 1. The molecule has 1 aliphatic rings. The minimum atomic E-state index is -1.03. The van der Waals surface area contributed by atoms with E-state index in [4.69, 9.17) is 4.74 Å². The molecule has 6 nitrogen and oxygen atoms in total. The topological polar surface area (TPSA) is 82.9 Å². The molecule has 18 heavy (non-hydrogen) atoms. The van der Waals surface area contributed by atoms with Gasteiger partial charge in [-0.1, -0.05) is 0 Å². The third kappa shape index (κ3) is 2.47. The van der Waals surface area contributed by atoms with Crippen LogP contribution in [0.1, 0.15) is 31.2 Å². The van der Waals surface area contributed by atoms with Crippen molar-refractivity contribution in [1.82, 2.24) is 9.27 Å². The summed E-state index contributed by atoms with van der Waals surface area (Å²) in [5.74, 6) is 0. The normalized spacial score (nSPS) is 24.2. The van der Waals surface area contributed by atoms with Crippen LogP contribution in [-0.4, -0.2) is 44.0 Å². The van der Waals surface area contributed by atoms with Gasteiger partial charge in [-0.05, 0) is 31.4 Å². The Kier molecular flexibility index (Phi) is 3.56. The van der Waals surface area contributed by atoms with Crippen molar-refractivity contribution in [1.29, 1.82) is 0 Å². The molecule has 1 aromatic heterocycles. The van der Waals surface area contributed by atoms with E-state index in [0.717, 1.165) is 4.88 Å². The van der Waals surface area contributed by atoms with Crippen molar-refractivity contribution in [2.45, 2.75) is 38.1 Å². The number of hydrogen-bond donors (Lipinski definition) is 2. The highest BCUT2D eigenvalue weighted by molar-refractivity contribution is 7.05. The lowest BCUT2D eigenvalue weighted by atomic mass is 10.1. The molecule has 0 aliphatic carbocycles. The summed E-state index contributed by atoms with van der Waals surface area (Å²) < 4.78 is 9.39. The van der Waals surface area contributed by atoms with E-state index in [0.29, 0.717) is 13.0 Å². The minimum Gasteiger partial charge on any atom is -0.465 e. The Hall–Kier alpha value is -1.18. The quantitative estimate of drug-likeness (QED) is 0.874. The Labute approximate surface area is 109 Å². The van der Waals surface area contributed by atoms with Gasteiger partial charge in [0.15, 0.2) is 0 Å². The molecule has 7 heteroatoms. The zero-order valence-electron chi connectivity index (χ0n) is 10.2. The molecule has 2 atom stereocenters. The van der Waals surface area contributed by atoms with Crippen LogP contribution < -0.4 is 0 Å². The summed E-state index contributed by atoms with van der Waals surface area (Å²) in [6, 6.07) is 1.40. The van der Waals surface area contributed by atoms with Gasteiger partial charge in [0.05, 0.1) is 23.6 Å². The second-order valence-electron chi connectivity index (χ2n) is 4.73. The molecule has 0 unspecified atom stereocenters. The van der Waals surface area contributed by atoms with Gasteiger partial charge in [0, 0.05) is 12.6 Å². The second kappa shape index (κ2) is 4.83. The number of rotatable bonds is 3. The summed E-state index contributed by atoms with van der Waals surface area (Å²) in [6.07, 6.45) is 0.200.